The summed E-state index contributed by atoms with van der Waals surface area (Å²) < 4.78 is 21.0. The molecule has 0 aliphatic carbocycles. The van der Waals surface area contributed by atoms with Gasteiger partial charge in [0.1, 0.15) is 6.61 Å². The molecule has 0 fully saturated rings. The molecule has 0 saturated carbocycles. The molecule has 156 valence electrons. The van der Waals surface area contributed by atoms with Crippen LogP contribution in [0.1, 0.15) is 12.5 Å². The molecule has 1 N–H and O–H groups in total. The van der Waals surface area contributed by atoms with Crippen molar-refractivity contribution < 1.29 is 33.5 Å². The number of nitrogens with one attached hydrogen (secondary N) is 1. The number of hydrogen-bond acceptors (Lipinski definition) is 9. The molecule has 1 atom stereocenters. The van der Waals surface area contributed by atoms with Crippen LogP contribution < -0.4 is 24.4 Å². The fraction of sp³-hybridized carbons (Fsp3) is 0.211. The molecule has 1 aliphatic rings. The molecule has 0 bridgehead atoms. The highest BCUT2D eigenvalue weighted by Crippen LogP contribution is 2.39. The standard InChI is InChI=1S/C19H17N3O8/c1-11(23)29-15-8-7-12(17(22(25)26)18(15)27-2)9-20-21-19(24)16-10-28-13-5-3-4-6-14(13)30-16/h3-9,16H,10H2,1-2H3,(H,21,24)/b20-9-/t16-/m0/s1. The number of hydrogen-bond donors (Lipinski definition) is 1. The largest absolute Gasteiger partial charge is 0.488 e. The van der Waals surface area contributed by atoms with Crippen molar-refractivity contribution in [3.63, 3.8) is 0 Å². The predicted molar refractivity (Wildman–Crippen MR) is 103 cm³/mol. The van der Waals surface area contributed by atoms with Crippen LogP contribution in [0.4, 0.5) is 5.69 Å². The number of benzene rings is 2. The van der Waals surface area contributed by atoms with E-state index in [9.17, 15) is 19.7 Å². The van der Waals surface area contributed by atoms with Crippen LogP contribution in [0.3, 0.4) is 0 Å². The number of methoxy groups -OCH3 is 1. The molecule has 0 saturated heterocycles. The third-order valence-electron chi connectivity index (χ3n) is 3.95. The topological polar surface area (TPSA) is 139 Å². The van der Waals surface area contributed by atoms with Crippen LogP contribution in [0.25, 0.3) is 0 Å². The van der Waals surface area contributed by atoms with Crippen LogP contribution in [0.5, 0.6) is 23.0 Å². The number of para-hydroxylation sites is 2. The van der Waals surface area contributed by atoms with Gasteiger partial charge in [0, 0.05) is 6.92 Å². The van der Waals surface area contributed by atoms with Crippen LogP contribution in [0.15, 0.2) is 41.5 Å². The molecule has 1 heterocycles. The molecule has 2 aromatic rings. The summed E-state index contributed by atoms with van der Waals surface area (Å²) in [6, 6.07) is 9.54. The molecule has 3 rings (SSSR count). The Balaban J connectivity index is 1.75. The number of rotatable bonds is 6. The minimum atomic E-state index is -0.937. The van der Waals surface area contributed by atoms with Crippen molar-refractivity contribution in [1.29, 1.82) is 0 Å². The minimum absolute atomic E-state index is 0.0105. The monoisotopic (exact) mass is 415 g/mol. The molecule has 1 amide bonds. The molecule has 30 heavy (non-hydrogen) atoms. The summed E-state index contributed by atoms with van der Waals surface area (Å²) in [6.45, 7) is 1.15. The van der Waals surface area contributed by atoms with E-state index in [0.29, 0.717) is 11.5 Å². The van der Waals surface area contributed by atoms with Crippen LogP contribution in [-0.4, -0.2) is 42.8 Å². The Morgan fingerprint density at radius 2 is 2.00 bits per heavy atom. The summed E-state index contributed by atoms with van der Waals surface area (Å²) >= 11 is 0. The maximum atomic E-state index is 12.3. The molecule has 0 spiro atoms. The minimum Gasteiger partial charge on any atom is -0.488 e. The van der Waals surface area contributed by atoms with E-state index in [4.69, 9.17) is 18.9 Å². The van der Waals surface area contributed by atoms with Crippen LogP contribution in [0.2, 0.25) is 0 Å². The normalized spacial score (nSPS) is 14.8. The van der Waals surface area contributed by atoms with E-state index in [2.05, 4.69) is 10.5 Å². The number of amides is 1. The van der Waals surface area contributed by atoms with Gasteiger partial charge in [-0.1, -0.05) is 12.1 Å². The number of carbonyl (C=O) groups excluding carboxylic acids is 2. The van der Waals surface area contributed by atoms with Crippen molar-refractivity contribution in [1.82, 2.24) is 5.43 Å². The van der Waals surface area contributed by atoms with Gasteiger partial charge in [0.25, 0.3) is 5.91 Å². The van der Waals surface area contributed by atoms with Crippen LogP contribution >= 0.6 is 0 Å². The van der Waals surface area contributed by atoms with Crippen molar-refractivity contribution >= 4 is 23.8 Å². The molecule has 0 unspecified atom stereocenters. The quantitative estimate of drug-likeness (QED) is 0.248. The summed E-state index contributed by atoms with van der Waals surface area (Å²) in [7, 11) is 1.20. The maximum Gasteiger partial charge on any atom is 0.323 e. The van der Waals surface area contributed by atoms with E-state index < -0.39 is 28.6 Å². The van der Waals surface area contributed by atoms with E-state index in [0.717, 1.165) is 13.1 Å². The third kappa shape index (κ3) is 4.46. The first kappa shape index (κ1) is 20.6. The summed E-state index contributed by atoms with van der Waals surface area (Å²) in [5.41, 5.74) is 1.81. The number of hydrazone groups is 1. The first-order chi connectivity index (χ1) is 14.4. The lowest BCUT2D eigenvalue weighted by molar-refractivity contribution is -0.385. The van der Waals surface area contributed by atoms with E-state index in [1.807, 2.05) is 0 Å². The van der Waals surface area contributed by atoms with Gasteiger partial charge in [-0.3, -0.25) is 19.7 Å². The molecule has 1 aliphatic heterocycles. The number of nitro groups is 1. The van der Waals surface area contributed by atoms with Crippen molar-refractivity contribution in [2.75, 3.05) is 13.7 Å². The first-order valence-corrected chi connectivity index (χ1v) is 8.66. The SMILES string of the molecule is COc1c(OC(C)=O)ccc(/C=N\NC(=O)[C@@H]2COc3ccccc3O2)c1[N+](=O)[O-]. The Morgan fingerprint density at radius 3 is 2.67 bits per heavy atom. The van der Waals surface area contributed by atoms with E-state index in [-0.39, 0.29) is 23.7 Å². The second-order valence-corrected chi connectivity index (χ2v) is 5.98. The fourth-order valence-corrected chi connectivity index (χ4v) is 2.68. The highest BCUT2D eigenvalue weighted by atomic mass is 16.6. The zero-order valence-corrected chi connectivity index (χ0v) is 16.0. The van der Waals surface area contributed by atoms with Gasteiger partial charge >= 0.3 is 11.7 Å². The van der Waals surface area contributed by atoms with Gasteiger partial charge in [0.05, 0.1) is 23.8 Å². The number of fused-ring (bicyclic) bond motifs is 1. The Hall–Kier alpha value is -4.15. The average molecular weight is 415 g/mol. The maximum absolute atomic E-state index is 12.3. The van der Waals surface area contributed by atoms with Gasteiger partial charge in [-0.15, -0.1) is 0 Å². The zero-order chi connectivity index (χ0) is 21.7. The fourth-order valence-electron chi connectivity index (χ4n) is 2.68. The number of nitro benzene ring substituents is 1. The summed E-state index contributed by atoms with van der Waals surface area (Å²) in [5.74, 6) is -0.648. The van der Waals surface area contributed by atoms with Crippen LogP contribution in [0, 0.1) is 10.1 Å². The van der Waals surface area contributed by atoms with Gasteiger partial charge in [-0.05, 0) is 24.3 Å². The van der Waals surface area contributed by atoms with E-state index in [1.165, 1.54) is 19.2 Å². The van der Waals surface area contributed by atoms with Gasteiger partial charge in [0.15, 0.2) is 17.2 Å². The number of carbonyl (C=O) groups is 2. The predicted octanol–water partition coefficient (Wildman–Crippen LogP) is 1.82. The third-order valence-corrected chi connectivity index (χ3v) is 3.95. The summed E-state index contributed by atoms with van der Waals surface area (Å²) in [5, 5.41) is 15.3. The Labute approximate surface area is 170 Å². The van der Waals surface area contributed by atoms with Crippen molar-refractivity contribution in [3.05, 3.63) is 52.1 Å². The molecule has 11 heteroatoms. The lowest BCUT2D eigenvalue weighted by Crippen LogP contribution is -2.42. The number of ether oxygens (including phenoxy) is 4. The van der Waals surface area contributed by atoms with E-state index in [1.54, 1.807) is 24.3 Å². The lowest BCUT2D eigenvalue weighted by Gasteiger charge is -2.24. The molecular weight excluding hydrogens is 398 g/mol. The van der Waals surface area contributed by atoms with Crippen LogP contribution in [-0.2, 0) is 9.59 Å². The van der Waals surface area contributed by atoms with Crippen molar-refractivity contribution in [2.45, 2.75) is 13.0 Å². The second kappa shape index (κ2) is 8.90. The molecule has 11 nitrogen and oxygen atoms in total. The number of nitrogens with zero attached hydrogens (tertiary/aromatic N) is 2. The summed E-state index contributed by atoms with van der Waals surface area (Å²) in [4.78, 5) is 34.2. The highest BCUT2D eigenvalue weighted by Gasteiger charge is 2.28. The Morgan fingerprint density at radius 1 is 1.27 bits per heavy atom. The average Bonchev–Trinajstić information content (AvgIpc) is 2.73. The van der Waals surface area contributed by atoms with E-state index >= 15 is 0 Å². The van der Waals surface area contributed by atoms with Crippen molar-refractivity contribution in [2.24, 2.45) is 5.10 Å². The highest BCUT2D eigenvalue weighted by molar-refractivity contribution is 5.90. The molecule has 0 aromatic heterocycles. The zero-order valence-electron chi connectivity index (χ0n) is 16.0. The lowest BCUT2D eigenvalue weighted by atomic mass is 10.1. The number of esters is 1. The molecule has 0 radical (unpaired) electrons. The van der Waals surface area contributed by atoms with Gasteiger partial charge in [-0.2, -0.15) is 5.10 Å². The molecular formula is C19H17N3O8. The van der Waals surface area contributed by atoms with Gasteiger partial charge < -0.3 is 18.9 Å². The molecule has 2 aromatic carbocycles. The Kier molecular flexibility index (Phi) is 6.11. The first-order valence-electron chi connectivity index (χ1n) is 8.66. The van der Waals surface area contributed by atoms with Gasteiger partial charge in [-0.25, -0.2) is 5.43 Å². The van der Waals surface area contributed by atoms with Gasteiger partial charge in [0.2, 0.25) is 11.9 Å². The smallest absolute Gasteiger partial charge is 0.323 e. The second-order valence-electron chi connectivity index (χ2n) is 5.98. The summed E-state index contributed by atoms with van der Waals surface area (Å²) in [6.07, 6.45) is 0.140. The van der Waals surface area contributed by atoms with Crippen molar-refractivity contribution in [3.8, 4) is 23.0 Å². The Bertz CT molecular complexity index is 1020.